The lowest BCUT2D eigenvalue weighted by molar-refractivity contribution is -0.118. The number of aryl methyl sites for hydroxylation is 3. The van der Waals surface area contributed by atoms with Gasteiger partial charge in [-0.25, -0.2) is 4.98 Å². The topological polar surface area (TPSA) is 71.1 Å². The van der Waals surface area contributed by atoms with E-state index in [4.69, 9.17) is 11.6 Å². The van der Waals surface area contributed by atoms with Gasteiger partial charge in [-0.1, -0.05) is 41.4 Å². The molecule has 3 rings (SSSR count). The van der Waals surface area contributed by atoms with E-state index in [0.29, 0.717) is 22.1 Å². The van der Waals surface area contributed by atoms with Crippen LogP contribution in [0.2, 0.25) is 5.02 Å². The fourth-order valence-corrected chi connectivity index (χ4v) is 5.01. The first-order chi connectivity index (χ1) is 15.3. The molecule has 0 aliphatic rings. The summed E-state index contributed by atoms with van der Waals surface area (Å²) >= 11 is 9.12. The van der Waals surface area contributed by atoms with Crippen LogP contribution in [-0.2, 0) is 4.79 Å². The molecule has 0 saturated carbocycles. The van der Waals surface area contributed by atoms with Crippen LogP contribution in [0.25, 0.3) is 11.3 Å². The third-order valence-electron chi connectivity index (χ3n) is 5.02. The minimum atomic E-state index is -0.693. The molecular formula is C24H26ClN3O2S2. The Morgan fingerprint density at radius 3 is 2.50 bits per heavy atom. The summed E-state index contributed by atoms with van der Waals surface area (Å²) in [6, 6.07) is 10.4. The van der Waals surface area contributed by atoms with Crippen LogP contribution >= 0.6 is 34.7 Å². The van der Waals surface area contributed by atoms with E-state index in [-0.39, 0.29) is 11.8 Å². The highest BCUT2D eigenvalue weighted by atomic mass is 35.5. The van der Waals surface area contributed by atoms with E-state index in [1.165, 1.54) is 16.9 Å². The van der Waals surface area contributed by atoms with Gasteiger partial charge in [-0.2, -0.15) is 11.8 Å². The number of anilines is 1. The van der Waals surface area contributed by atoms with E-state index in [2.05, 4.69) is 48.5 Å². The van der Waals surface area contributed by atoms with Crippen LogP contribution in [-0.4, -0.2) is 34.8 Å². The fourth-order valence-electron chi connectivity index (χ4n) is 3.61. The van der Waals surface area contributed by atoms with Gasteiger partial charge in [-0.3, -0.25) is 9.59 Å². The number of halogens is 1. The van der Waals surface area contributed by atoms with Crippen molar-refractivity contribution in [1.82, 2.24) is 10.3 Å². The summed E-state index contributed by atoms with van der Waals surface area (Å²) in [7, 11) is 0. The van der Waals surface area contributed by atoms with Crippen molar-refractivity contribution < 1.29 is 9.59 Å². The summed E-state index contributed by atoms with van der Waals surface area (Å²) in [6.45, 7) is 6.20. The second-order valence-electron chi connectivity index (χ2n) is 7.59. The molecule has 3 aromatic rings. The molecule has 2 N–H and O–H groups in total. The molecule has 8 heteroatoms. The average Bonchev–Trinajstić information content (AvgIpc) is 3.18. The van der Waals surface area contributed by atoms with Crippen LogP contribution in [0.1, 0.15) is 33.5 Å². The average molecular weight is 488 g/mol. The Bertz CT molecular complexity index is 1110. The van der Waals surface area contributed by atoms with E-state index in [1.54, 1.807) is 36.0 Å². The zero-order valence-corrected chi connectivity index (χ0v) is 20.9. The molecular weight excluding hydrogens is 462 g/mol. The Kier molecular flexibility index (Phi) is 8.34. The summed E-state index contributed by atoms with van der Waals surface area (Å²) < 4.78 is 0. The second kappa shape index (κ2) is 11.0. The number of carbonyl (C=O) groups is 2. The van der Waals surface area contributed by atoms with Crippen LogP contribution in [0.15, 0.2) is 41.8 Å². The van der Waals surface area contributed by atoms with Gasteiger partial charge < -0.3 is 10.6 Å². The van der Waals surface area contributed by atoms with Gasteiger partial charge in [0.1, 0.15) is 6.04 Å². The standard InChI is InChI=1S/C24H26ClN3O2S2/c1-14-11-15(2)21(16(3)12-14)20-13-32-24(27-20)28-23(30)19(9-10-31-4)26-22(29)17-7-5-6-8-18(17)25/h5-8,11-13,19H,9-10H2,1-4H3,(H,26,29)(H,27,28,30). The maximum Gasteiger partial charge on any atom is 0.253 e. The third-order valence-corrected chi connectivity index (χ3v) is 6.75. The first-order valence-corrected chi connectivity index (χ1v) is 12.8. The number of thiazole rings is 1. The highest BCUT2D eigenvalue weighted by Gasteiger charge is 2.23. The quantitative estimate of drug-likeness (QED) is 0.416. The molecule has 1 unspecified atom stereocenters. The molecule has 2 aromatic carbocycles. The van der Waals surface area contributed by atoms with Crippen molar-refractivity contribution in [3.05, 3.63) is 69.1 Å². The van der Waals surface area contributed by atoms with E-state index < -0.39 is 6.04 Å². The maximum absolute atomic E-state index is 13.0. The first kappa shape index (κ1) is 24.3. The molecule has 0 spiro atoms. The lowest BCUT2D eigenvalue weighted by atomic mass is 9.98. The van der Waals surface area contributed by atoms with Gasteiger partial charge in [0.15, 0.2) is 5.13 Å². The summed E-state index contributed by atoms with van der Waals surface area (Å²) in [5.41, 5.74) is 5.77. The summed E-state index contributed by atoms with van der Waals surface area (Å²) in [5, 5.41) is 8.49. The van der Waals surface area contributed by atoms with Gasteiger partial charge in [-0.05, 0) is 62.5 Å². The molecule has 1 aromatic heterocycles. The maximum atomic E-state index is 13.0. The SMILES string of the molecule is CSCCC(NC(=O)c1ccccc1Cl)C(=O)Nc1nc(-c2c(C)cc(C)cc2C)cs1. The molecule has 2 amide bonds. The molecule has 0 bridgehead atoms. The number of rotatable bonds is 8. The number of nitrogens with zero attached hydrogens (tertiary/aromatic N) is 1. The Morgan fingerprint density at radius 1 is 1.16 bits per heavy atom. The smallest absolute Gasteiger partial charge is 0.253 e. The van der Waals surface area contributed by atoms with Gasteiger partial charge in [0.25, 0.3) is 5.91 Å². The predicted molar refractivity (Wildman–Crippen MR) is 136 cm³/mol. The molecule has 0 fully saturated rings. The highest BCUT2D eigenvalue weighted by molar-refractivity contribution is 7.98. The van der Waals surface area contributed by atoms with Gasteiger partial charge in [-0.15, -0.1) is 11.3 Å². The number of hydrogen-bond acceptors (Lipinski definition) is 5. The summed E-state index contributed by atoms with van der Waals surface area (Å²) in [6.07, 6.45) is 2.46. The van der Waals surface area contributed by atoms with Crippen molar-refractivity contribution >= 4 is 51.6 Å². The number of carbonyl (C=O) groups excluding carboxylic acids is 2. The monoisotopic (exact) mass is 487 g/mol. The molecule has 0 radical (unpaired) electrons. The number of hydrogen-bond donors (Lipinski definition) is 2. The zero-order chi connectivity index (χ0) is 23.3. The van der Waals surface area contributed by atoms with Crippen molar-refractivity contribution in [1.29, 1.82) is 0 Å². The minimum absolute atomic E-state index is 0.294. The van der Waals surface area contributed by atoms with Crippen molar-refractivity contribution in [2.45, 2.75) is 33.2 Å². The van der Waals surface area contributed by atoms with Crippen LogP contribution in [0.3, 0.4) is 0 Å². The Balaban J connectivity index is 1.76. The van der Waals surface area contributed by atoms with Crippen molar-refractivity contribution in [3.63, 3.8) is 0 Å². The molecule has 32 heavy (non-hydrogen) atoms. The third kappa shape index (κ3) is 5.91. The van der Waals surface area contributed by atoms with E-state index in [1.807, 2.05) is 11.6 Å². The molecule has 0 aliphatic heterocycles. The lowest BCUT2D eigenvalue weighted by Gasteiger charge is -2.18. The van der Waals surface area contributed by atoms with E-state index in [9.17, 15) is 9.59 Å². The number of thioether (sulfide) groups is 1. The van der Waals surface area contributed by atoms with Gasteiger partial charge >= 0.3 is 0 Å². The number of benzene rings is 2. The van der Waals surface area contributed by atoms with Crippen LogP contribution < -0.4 is 10.6 Å². The van der Waals surface area contributed by atoms with Crippen LogP contribution in [0, 0.1) is 20.8 Å². The van der Waals surface area contributed by atoms with Crippen LogP contribution in [0.4, 0.5) is 5.13 Å². The van der Waals surface area contributed by atoms with Gasteiger partial charge in [0, 0.05) is 10.9 Å². The minimum Gasteiger partial charge on any atom is -0.340 e. The van der Waals surface area contributed by atoms with Crippen LogP contribution in [0.5, 0.6) is 0 Å². The highest BCUT2D eigenvalue weighted by Crippen LogP contribution is 2.31. The predicted octanol–water partition coefficient (Wildman–Crippen LogP) is 5.88. The molecule has 0 aliphatic carbocycles. The molecule has 168 valence electrons. The summed E-state index contributed by atoms with van der Waals surface area (Å²) in [5.74, 6) is 0.0615. The van der Waals surface area contributed by atoms with Crippen molar-refractivity contribution in [2.24, 2.45) is 0 Å². The van der Waals surface area contributed by atoms with Gasteiger partial charge in [0.2, 0.25) is 5.91 Å². The molecule has 1 atom stereocenters. The van der Waals surface area contributed by atoms with Gasteiger partial charge in [0.05, 0.1) is 16.3 Å². The largest absolute Gasteiger partial charge is 0.340 e. The van der Waals surface area contributed by atoms with Crippen molar-refractivity contribution in [2.75, 3.05) is 17.3 Å². The Hall–Kier alpha value is -2.35. The van der Waals surface area contributed by atoms with E-state index >= 15 is 0 Å². The first-order valence-electron chi connectivity index (χ1n) is 10.2. The fraction of sp³-hybridized carbons (Fsp3) is 0.292. The normalized spacial score (nSPS) is 11.8. The number of nitrogens with one attached hydrogen (secondary N) is 2. The zero-order valence-electron chi connectivity index (χ0n) is 18.5. The molecule has 5 nitrogen and oxygen atoms in total. The second-order valence-corrected chi connectivity index (χ2v) is 9.84. The molecule has 1 heterocycles. The summed E-state index contributed by atoms with van der Waals surface area (Å²) in [4.78, 5) is 30.3. The lowest BCUT2D eigenvalue weighted by Crippen LogP contribution is -2.44. The number of aromatic nitrogens is 1. The Labute approximate surface area is 202 Å². The van der Waals surface area contributed by atoms with E-state index in [0.717, 1.165) is 28.1 Å². The Morgan fingerprint density at radius 2 is 1.84 bits per heavy atom. The molecule has 0 saturated heterocycles. The van der Waals surface area contributed by atoms with Crippen molar-refractivity contribution in [3.8, 4) is 11.3 Å². The number of amides is 2.